The largest absolute Gasteiger partial charge is 0.408 e. The molecule has 6 rings (SSSR count). The van der Waals surface area contributed by atoms with Crippen molar-refractivity contribution in [3.63, 3.8) is 0 Å². The van der Waals surface area contributed by atoms with Crippen molar-refractivity contribution >= 4 is 40.0 Å². The van der Waals surface area contributed by atoms with E-state index in [0.717, 1.165) is 63.6 Å². The molecule has 4 aromatic rings. The van der Waals surface area contributed by atoms with E-state index < -0.39 is 11.4 Å². The molecule has 0 amide bonds. The molecule has 2 aliphatic heterocycles. The summed E-state index contributed by atoms with van der Waals surface area (Å²) in [5.41, 5.74) is 1.80. The van der Waals surface area contributed by atoms with E-state index in [9.17, 15) is 9.18 Å². The molecule has 41 heavy (non-hydrogen) atoms. The van der Waals surface area contributed by atoms with Crippen LogP contribution in [0.5, 0.6) is 0 Å². The molecule has 2 saturated heterocycles. The Kier molecular flexibility index (Phi) is 8.04. The average Bonchev–Trinajstić information content (AvgIpc) is 2.99. The zero-order valence-corrected chi connectivity index (χ0v) is 23.6. The zero-order valence-electron chi connectivity index (χ0n) is 22.9. The Balaban J connectivity index is 1.33. The Hall–Kier alpha value is -3.73. The molecule has 2 aromatic carbocycles. The fourth-order valence-corrected chi connectivity index (χ4v) is 5.56. The Morgan fingerprint density at radius 3 is 2.59 bits per heavy atom. The molecule has 0 spiro atoms. The summed E-state index contributed by atoms with van der Waals surface area (Å²) < 4.78 is 21.5. The highest BCUT2D eigenvalue weighted by Gasteiger charge is 2.22. The molecule has 214 valence electrons. The molecule has 0 saturated carbocycles. The highest BCUT2D eigenvalue weighted by Crippen LogP contribution is 2.30. The van der Waals surface area contributed by atoms with Crippen LogP contribution in [-0.4, -0.2) is 72.6 Å². The summed E-state index contributed by atoms with van der Waals surface area (Å²) in [6.07, 6.45) is 3.52. The minimum absolute atomic E-state index is 0.0280. The number of anilines is 3. The van der Waals surface area contributed by atoms with Crippen LogP contribution in [0.3, 0.4) is 0 Å². The summed E-state index contributed by atoms with van der Waals surface area (Å²) in [5, 5.41) is 3.89. The third-order valence-electron chi connectivity index (χ3n) is 7.71. The van der Waals surface area contributed by atoms with Crippen LogP contribution in [0.2, 0.25) is 5.02 Å². The van der Waals surface area contributed by atoms with Gasteiger partial charge in [-0.3, -0.25) is 4.79 Å². The van der Waals surface area contributed by atoms with E-state index >= 15 is 0 Å². The normalized spacial score (nSPS) is 16.7. The summed E-state index contributed by atoms with van der Waals surface area (Å²) in [4.78, 5) is 33.6. The van der Waals surface area contributed by atoms with Gasteiger partial charge in [0.1, 0.15) is 12.4 Å². The van der Waals surface area contributed by atoms with Crippen molar-refractivity contribution in [1.82, 2.24) is 19.6 Å². The molecule has 9 nitrogen and oxygen atoms in total. The minimum atomic E-state index is -0.587. The molecular formula is C30H32ClFN6O3. The monoisotopic (exact) mass is 578 g/mol. The SMILES string of the molecule is CN1CCC(COn2c(=O)c(-c3c(F)cccc3Cl)cc3cnc(Nc4ccc(N5CCOCC5)cc4)nc32)CC1. The minimum Gasteiger partial charge on any atom is -0.408 e. The Bertz CT molecular complexity index is 1560. The van der Waals surface area contributed by atoms with Crippen molar-refractivity contribution in [1.29, 1.82) is 0 Å². The second-order valence-corrected chi connectivity index (χ2v) is 10.9. The quantitative estimate of drug-likeness (QED) is 0.341. The number of piperidine rings is 1. The standard InChI is InChI=1S/C30H32ClFN6O3/c1-36-11-9-20(10-12-36)19-41-38-28-21(17-24(29(38)39)27-25(31)3-2-4-26(27)32)18-33-30(35-28)34-22-5-7-23(8-6-22)37-13-15-40-16-14-37/h2-8,17-18,20H,9-16,19H2,1H3,(H,33,34,35). The molecule has 0 bridgehead atoms. The van der Waals surface area contributed by atoms with Crippen LogP contribution in [0, 0.1) is 11.7 Å². The van der Waals surface area contributed by atoms with Crippen LogP contribution >= 0.6 is 11.6 Å². The number of pyridine rings is 1. The van der Waals surface area contributed by atoms with Gasteiger partial charge in [-0.25, -0.2) is 9.37 Å². The van der Waals surface area contributed by atoms with Gasteiger partial charge in [0.05, 0.1) is 23.8 Å². The van der Waals surface area contributed by atoms with Gasteiger partial charge in [-0.05, 0) is 81.4 Å². The van der Waals surface area contributed by atoms with Gasteiger partial charge < -0.3 is 24.7 Å². The first-order valence-corrected chi connectivity index (χ1v) is 14.2. The number of nitrogens with zero attached hydrogens (tertiary/aromatic N) is 5. The number of halogens is 2. The van der Waals surface area contributed by atoms with Crippen LogP contribution in [0.1, 0.15) is 12.8 Å². The lowest BCUT2D eigenvalue weighted by Crippen LogP contribution is -2.36. The second kappa shape index (κ2) is 12.0. The number of benzene rings is 2. The smallest absolute Gasteiger partial charge is 0.293 e. The van der Waals surface area contributed by atoms with Crippen molar-refractivity contribution in [3.8, 4) is 11.1 Å². The van der Waals surface area contributed by atoms with Gasteiger partial charge in [0.25, 0.3) is 5.56 Å². The van der Waals surface area contributed by atoms with Gasteiger partial charge in [0.15, 0.2) is 5.65 Å². The topological polar surface area (TPSA) is 84.8 Å². The molecule has 0 atom stereocenters. The first kappa shape index (κ1) is 27.4. The fourth-order valence-electron chi connectivity index (χ4n) is 5.30. The number of hydrogen-bond donors (Lipinski definition) is 1. The summed E-state index contributed by atoms with van der Waals surface area (Å²) in [5.74, 6) is 0.0122. The fraction of sp³-hybridized carbons (Fsp3) is 0.367. The van der Waals surface area contributed by atoms with Crippen LogP contribution in [0.25, 0.3) is 22.2 Å². The predicted molar refractivity (Wildman–Crippen MR) is 159 cm³/mol. The van der Waals surface area contributed by atoms with Gasteiger partial charge in [-0.1, -0.05) is 17.7 Å². The molecule has 0 radical (unpaired) electrons. The number of likely N-dealkylation sites (tertiary alicyclic amines) is 1. The van der Waals surface area contributed by atoms with Crippen molar-refractivity contribution in [3.05, 3.63) is 75.9 Å². The van der Waals surface area contributed by atoms with Crippen LogP contribution in [0.4, 0.5) is 21.7 Å². The molecule has 0 aliphatic carbocycles. The number of morpholine rings is 1. The van der Waals surface area contributed by atoms with Crippen molar-refractivity contribution in [2.45, 2.75) is 12.8 Å². The van der Waals surface area contributed by atoms with Crippen molar-refractivity contribution in [2.24, 2.45) is 5.92 Å². The highest BCUT2D eigenvalue weighted by atomic mass is 35.5. The lowest BCUT2D eigenvalue weighted by molar-refractivity contribution is 0.0587. The summed E-state index contributed by atoms with van der Waals surface area (Å²) >= 11 is 6.34. The lowest BCUT2D eigenvalue weighted by atomic mass is 9.98. The predicted octanol–water partition coefficient (Wildman–Crippen LogP) is 4.60. The van der Waals surface area contributed by atoms with E-state index in [4.69, 9.17) is 21.2 Å². The van der Waals surface area contributed by atoms with Crippen LogP contribution in [-0.2, 0) is 4.74 Å². The molecule has 4 heterocycles. The molecule has 1 N–H and O–H groups in total. The number of fused-ring (bicyclic) bond motifs is 1. The Labute approximate surface area is 242 Å². The number of hydrogen-bond acceptors (Lipinski definition) is 8. The maximum Gasteiger partial charge on any atom is 0.293 e. The van der Waals surface area contributed by atoms with Crippen LogP contribution in [0.15, 0.2) is 59.5 Å². The molecule has 11 heteroatoms. The first-order chi connectivity index (χ1) is 20.0. The molecular weight excluding hydrogens is 547 g/mol. The average molecular weight is 579 g/mol. The van der Waals surface area contributed by atoms with Gasteiger partial charge in [-0.15, -0.1) is 4.73 Å². The molecule has 0 unspecified atom stereocenters. The van der Waals surface area contributed by atoms with E-state index in [2.05, 4.69) is 32.1 Å². The van der Waals surface area contributed by atoms with Gasteiger partial charge in [0, 0.05) is 41.6 Å². The van der Waals surface area contributed by atoms with E-state index in [-0.39, 0.29) is 16.1 Å². The zero-order chi connectivity index (χ0) is 28.3. The lowest BCUT2D eigenvalue weighted by Gasteiger charge is -2.29. The van der Waals surface area contributed by atoms with Gasteiger partial charge in [-0.2, -0.15) is 4.98 Å². The number of nitrogens with one attached hydrogen (secondary N) is 1. The van der Waals surface area contributed by atoms with Gasteiger partial charge in [0.2, 0.25) is 5.95 Å². The Morgan fingerprint density at radius 2 is 1.85 bits per heavy atom. The first-order valence-electron chi connectivity index (χ1n) is 13.8. The third kappa shape index (κ3) is 6.00. The molecule has 2 aromatic heterocycles. The van der Waals surface area contributed by atoms with Crippen molar-refractivity contribution < 1.29 is 14.0 Å². The summed E-state index contributed by atoms with van der Waals surface area (Å²) in [7, 11) is 2.10. The summed E-state index contributed by atoms with van der Waals surface area (Å²) in [6.45, 7) is 5.43. The van der Waals surface area contributed by atoms with E-state index in [1.807, 2.05) is 24.3 Å². The van der Waals surface area contributed by atoms with E-state index in [1.54, 1.807) is 18.3 Å². The highest BCUT2D eigenvalue weighted by molar-refractivity contribution is 6.33. The maximum absolute atomic E-state index is 14.9. The number of aromatic nitrogens is 3. The van der Waals surface area contributed by atoms with E-state index in [0.29, 0.717) is 29.5 Å². The van der Waals surface area contributed by atoms with Crippen molar-refractivity contribution in [2.75, 3.05) is 63.3 Å². The van der Waals surface area contributed by atoms with Gasteiger partial charge >= 0.3 is 0 Å². The van der Waals surface area contributed by atoms with E-state index in [1.165, 1.54) is 16.9 Å². The second-order valence-electron chi connectivity index (χ2n) is 10.5. The third-order valence-corrected chi connectivity index (χ3v) is 8.03. The Morgan fingerprint density at radius 1 is 1.10 bits per heavy atom. The van der Waals surface area contributed by atoms with Crippen LogP contribution < -0.4 is 20.6 Å². The molecule has 2 fully saturated rings. The molecule has 2 aliphatic rings. The maximum atomic E-state index is 14.9. The summed E-state index contributed by atoms with van der Waals surface area (Å²) in [6, 6.07) is 13.9. The number of rotatable bonds is 7. The number of ether oxygens (including phenoxy) is 1.